The van der Waals surface area contributed by atoms with Crippen molar-refractivity contribution < 1.29 is 28.2 Å². The highest BCUT2D eigenvalue weighted by molar-refractivity contribution is 6.04. The number of fused-ring (bicyclic) bond motifs is 1. The lowest BCUT2D eigenvalue weighted by Crippen LogP contribution is -2.34. The maximum Gasteiger partial charge on any atom is 0.343 e. The Morgan fingerprint density at radius 1 is 0.895 bits per heavy atom. The van der Waals surface area contributed by atoms with Crippen molar-refractivity contribution in [3.63, 3.8) is 0 Å². The molecule has 8 nitrogen and oxygen atoms in total. The second-order valence-corrected chi connectivity index (χ2v) is 8.03. The van der Waals surface area contributed by atoms with Crippen LogP contribution in [0.1, 0.15) is 33.2 Å². The lowest BCUT2D eigenvalue weighted by Gasteiger charge is -2.11. The first-order valence-electron chi connectivity index (χ1n) is 11.8. The number of rotatable bonds is 9. The first-order chi connectivity index (χ1) is 18.4. The number of carbonyl (C=O) groups excluding carboxylic acids is 3. The van der Waals surface area contributed by atoms with Crippen LogP contribution in [0.2, 0.25) is 0 Å². The number of amides is 2. The van der Waals surface area contributed by atoms with Gasteiger partial charge in [0.05, 0.1) is 24.9 Å². The maximum atomic E-state index is 13.0. The summed E-state index contributed by atoms with van der Waals surface area (Å²) in [5, 5.41) is 8.07. The molecule has 0 radical (unpaired) electrons. The molecule has 4 rings (SSSR count). The van der Waals surface area contributed by atoms with Gasteiger partial charge in [0.2, 0.25) is 0 Å². The molecule has 0 aliphatic rings. The van der Waals surface area contributed by atoms with Gasteiger partial charge in [-0.15, -0.1) is 0 Å². The van der Waals surface area contributed by atoms with Crippen LogP contribution >= 0.6 is 0 Å². The van der Waals surface area contributed by atoms with Crippen molar-refractivity contribution in [3.8, 4) is 11.5 Å². The summed E-state index contributed by atoms with van der Waals surface area (Å²) in [7, 11) is 0. The fourth-order valence-electron chi connectivity index (χ4n) is 3.58. The molecular formula is C29H24FN3O5. The van der Waals surface area contributed by atoms with Gasteiger partial charge >= 0.3 is 5.97 Å². The highest BCUT2D eigenvalue weighted by Crippen LogP contribution is 2.27. The van der Waals surface area contributed by atoms with E-state index in [-0.39, 0.29) is 17.9 Å². The Balaban J connectivity index is 1.45. The molecule has 4 aromatic carbocycles. The average molecular weight is 514 g/mol. The van der Waals surface area contributed by atoms with Crippen molar-refractivity contribution in [1.82, 2.24) is 10.7 Å². The van der Waals surface area contributed by atoms with Crippen molar-refractivity contribution in [2.45, 2.75) is 6.92 Å². The molecule has 0 atom stereocenters. The number of carbonyl (C=O) groups is 3. The minimum Gasteiger partial charge on any atom is -0.494 e. The van der Waals surface area contributed by atoms with E-state index in [1.54, 1.807) is 30.3 Å². The van der Waals surface area contributed by atoms with Crippen LogP contribution in [-0.4, -0.2) is 37.1 Å². The Labute approximate surface area is 218 Å². The summed E-state index contributed by atoms with van der Waals surface area (Å²) in [4.78, 5) is 37.1. The van der Waals surface area contributed by atoms with Gasteiger partial charge in [-0.2, -0.15) is 5.10 Å². The number of hydrazone groups is 1. The van der Waals surface area contributed by atoms with E-state index in [1.807, 2.05) is 37.3 Å². The molecule has 0 saturated carbocycles. The molecule has 0 unspecified atom stereocenters. The number of nitrogens with zero attached hydrogens (tertiary/aromatic N) is 1. The molecule has 2 N–H and O–H groups in total. The van der Waals surface area contributed by atoms with Crippen LogP contribution in [0.25, 0.3) is 10.8 Å². The lowest BCUT2D eigenvalue weighted by molar-refractivity contribution is -0.120. The molecule has 0 saturated heterocycles. The second-order valence-electron chi connectivity index (χ2n) is 8.03. The predicted octanol–water partition coefficient (Wildman–Crippen LogP) is 4.48. The van der Waals surface area contributed by atoms with Crippen LogP contribution in [-0.2, 0) is 4.79 Å². The first-order valence-corrected chi connectivity index (χ1v) is 11.8. The minimum absolute atomic E-state index is 0.220. The van der Waals surface area contributed by atoms with Gasteiger partial charge in [0.25, 0.3) is 11.8 Å². The van der Waals surface area contributed by atoms with Crippen molar-refractivity contribution in [1.29, 1.82) is 0 Å². The number of benzene rings is 4. The van der Waals surface area contributed by atoms with E-state index in [1.165, 1.54) is 18.3 Å². The van der Waals surface area contributed by atoms with E-state index in [0.717, 1.165) is 22.9 Å². The third-order valence-electron chi connectivity index (χ3n) is 5.43. The van der Waals surface area contributed by atoms with Crippen LogP contribution in [0.4, 0.5) is 4.39 Å². The van der Waals surface area contributed by atoms with E-state index in [0.29, 0.717) is 23.5 Å². The Hall–Kier alpha value is -5.05. The van der Waals surface area contributed by atoms with Gasteiger partial charge in [0, 0.05) is 11.1 Å². The molecule has 0 aliphatic heterocycles. The van der Waals surface area contributed by atoms with Crippen LogP contribution in [0.5, 0.6) is 11.5 Å². The Morgan fingerprint density at radius 2 is 1.61 bits per heavy atom. The summed E-state index contributed by atoms with van der Waals surface area (Å²) in [5.74, 6) is -1.24. The summed E-state index contributed by atoms with van der Waals surface area (Å²) < 4.78 is 24.1. The predicted molar refractivity (Wildman–Crippen MR) is 141 cm³/mol. The van der Waals surface area contributed by atoms with E-state index in [2.05, 4.69) is 15.8 Å². The van der Waals surface area contributed by atoms with E-state index >= 15 is 0 Å². The molecule has 0 bridgehead atoms. The lowest BCUT2D eigenvalue weighted by atomic mass is 10.0. The van der Waals surface area contributed by atoms with Crippen molar-refractivity contribution >= 4 is 34.8 Å². The third kappa shape index (κ3) is 6.58. The van der Waals surface area contributed by atoms with Crippen molar-refractivity contribution in [2.75, 3.05) is 13.2 Å². The molecule has 0 aromatic heterocycles. The van der Waals surface area contributed by atoms with Crippen LogP contribution in [0, 0.1) is 5.82 Å². The number of ether oxygens (including phenoxy) is 2. The fraction of sp³-hybridized carbons (Fsp3) is 0.103. The fourth-order valence-corrected chi connectivity index (χ4v) is 3.58. The van der Waals surface area contributed by atoms with Crippen LogP contribution in [0.3, 0.4) is 0 Å². The number of halogens is 1. The van der Waals surface area contributed by atoms with Gasteiger partial charge in [-0.1, -0.05) is 30.3 Å². The Bertz CT molecular complexity index is 1480. The third-order valence-corrected chi connectivity index (χ3v) is 5.43. The number of hydrogen-bond acceptors (Lipinski definition) is 6. The number of esters is 1. The topological polar surface area (TPSA) is 106 Å². The molecule has 0 fully saturated rings. The van der Waals surface area contributed by atoms with Crippen molar-refractivity contribution in [3.05, 3.63) is 107 Å². The normalized spacial score (nSPS) is 10.8. The molecule has 192 valence electrons. The zero-order valence-electron chi connectivity index (χ0n) is 20.4. The minimum atomic E-state index is -0.579. The summed E-state index contributed by atoms with van der Waals surface area (Å²) in [6.45, 7) is 2.04. The van der Waals surface area contributed by atoms with Crippen LogP contribution in [0.15, 0.2) is 90.0 Å². The summed E-state index contributed by atoms with van der Waals surface area (Å²) >= 11 is 0. The van der Waals surface area contributed by atoms with E-state index in [4.69, 9.17) is 9.47 Å². The molecule has 2 amide bonds. The highest BCUT2D eigenvalue weighted by atomic mass is 19.1. The smallest absolute Gasteiger partial charge is 0.343 e. The quantitative estimate of drug-likeness (QED) is 0.149. The molecule has 9 heteroatoms. The molecule has 0 heterocycles. The van der Waals surface area contributed by atoms with E-state index < -0.39 is 23.6 Å². The van der Waals surface area contributed by atoms with Gasteiger partial charge < -0.3 is 14.8 Å². The molecule has 38 heavy (non-hydrogen) atoms. The zero-order valence-corrected chi connectivity index (χ0v) is 20.4. The maximum absolute atomic E-state index is 13.0. The largest absolute Gasteiger partial charge is 0.494 e. The monoisotopic (exact) mass is 513 g/mol. The second kappa shape index (κ2) is 12.3. The SMILES string of the molecule is CCOc1ccc(C(=O)Oc2ccc3ccccc3c2/C=N/NC(=O)CNC(=O)c2ccc(F)cc2)cc1. The highest BCUT2D eigenvalue weighted by Gasteiger charge is 2.14. The number of nitrogens with one attached hydrogen (secondary N) is 2. The van der Waals surface area contributed by atoms with Crippen molar-refractivity contribution in [2.24, 2.45) is 5.10 Å². The van der Waals surface area contributed by atoms with Gasteiger partial charge in [-0.3, -0.25) is 9.59 Å². The standard InChI is InChI=1S/C29H24FN3O5/c1-2-37-23-14-9-21(10-15-23)29(36)38-26-16-11-19-5-3-4-6-24(19)25(26)17-32-33-27(34)18-31-28(35)20-7-12-22(30)13-8-20/h3-17H,2,18H2,1H3,(H,31,35)(H,33,34)/b32-17+. The van der Waals surface area contributed by atoms with Gasteiger partial charge in [-0.25, -0.2) is 14.6 Å². The molecule has 4 aromatic rings. The van der Waals surface area contributed by atoms with Crippen LogP contribution < -0.4 is 20.2 Å². The Kier molecular flexibility index (Phi) is 8.40. The molecule has 0 aliphatic carbocycles. The first kappa shape index (κ1) is 26.0. The summed E-state index contributed by atoms with van der Waals surface area (Å²) in [6.07, 6.45) is 1.38. The number of hydrogen-bond donors (Lipinski definition) is 2. The molecule has 0 spiro atoms. The van der Waals surface area contributed by atoms with E-state index in [9.17, 15) is 18.8 Å². The van der Waals surface area contributed by atoms with Gasteiger partial charge in [0.1, 0.15) is 17.3 Å². The summed E-state index contributed by atoms with van der Waals surface area (Å²) in [6, 6.07) is 22.5. The van der Waals surface area contributed by atoms with Gasteiger partial charge in [-0.05, 0) is 72.3 Å². The summed E-state index contributed by atoms with van der Waals surface area (Å²) in [5.41, 5.74) is 3.39. The average Bonchev–Trinajstić information content (AvgIpc) is 2.93. The van der Waals surface area contributed by atoms with Gasteiger partial charge in [0.15, 0.2) is 0 Å². The molecular weight excluding hydrogens is 489 g/mol. The zero-order chi connectivity index (χ0) is 26.9. The Morgan fingerprint density at radius 3 is 2.34 bits per heavy atom.